The molecule has 12 heteroatoms. The molecule has 3 aromatic rings. The standard InChI is InChI=1S/C20H25N9O3/c21-20-22-9-13(10-23-20)17-25-18(27-4-7-32-8-5-27)16-19(26-17)29(12-24-16)15(2-6-30)28-3-1-14(31)11-28/h6,9-10,12,14-15,31H,1-5,7-8,11H2,(H2,21,22,23)/t14?,15-/m0/s1. The van der Waals surface area contributed by atoms with Gasteiger partial charge < -0.3 is 25.3 Å². The summed E-state index contributed by atoms with van der Waals surface area (Å²) in [4.78, 5) is 38.1. The molecule has 0 amide bonds. The number of carbonyl (C=O) groups is 1. The van der Waals surface area contributed by atoms with Gasteiger partial charge in [0.2, 0.25) is 5.95 Å². The molecule has 3 aromatic heterocycles. The first kappa shape index (κ1) is 20.7. The van der Waals surface area contributed by atoms with Crippen LogP contribution in [0.5, 0.6) is 0 Å². The summed E-state index contributed by atoms with van der Waals surface area (Å²) in [5.74, 6) is 1.33. The smallest absolute Gasteiger partial charge is 0.219 e. The zero-order valence-electron chi connectivity index (χ0n) is 17.5. The number of aliphatic hydroxyl groups is 1. The van der Waals surface area contributed by atoms with Crippen molar-refractivity contribution in [2.75, 3.05) is 50.0 Å². The Kier molecular flexibility index (Phi) is 5.64. The summed E-state index contributed by atoms with van der Waals surface area (Å²) in [7, 11) is 0. The van der Waals surface area contributed by atoms with E-state index in [0.717, 1.165) is 6.29 Å². The van der Waals surface area contributed by atoms with Gasteiger partial charge in [-0.3, -0.25) is 9.47 Å². The minimum Gasteiger partial charge on any atom is -0.392 e. The van der Waals surface area contributed by atoms with Crippen LogP contribution >= 0.6 is 0 Å². The van der Waals surface area contributed by atoms with Crippen LogP contribution in [0.15, 0.2) is 18.7 Å². The summed E-state index contributed by atoms with van der Waals surface area (Å²) < 4.78 is 7.40. The highest BCUT2D eigenvalue weighted by Gasteiger charge is 2.30. The number of β-amino-alcohol motifs (C(OH)–C–C–N with tert-alkyl or cyclic N) is 1. The van der Waals surface area contributed by atoms with Crippen molar-refractivity contribution < 1.29 is 14.6 Å². The molecule has 0 radical (unpaired) electrons. The van der Waals surface area contributed by atoms with Gasteiger partial charge >= 0.3 is 0 Å². The van der Waals surface area contributed by atoms with Crippen LogP contribution in [-0.2, 0) is 9.53 Å². The van der Waals surface area contributed by atoms with Crippen molar-refractivity contribution in [3.05, 3.63) is 18.7 Å². The Labute approximate surface area is 184 Å². The number of morpholine rings is 1. The zero-order chi connectivity index (χ0) is 22.1. The van der Waals surface area contributed by atoms with Gasteiger partial charge in [-0.2, -0.15) is 0 Å². The highest BCUT2D eigenvalue weighted by atomic mass is 16.5. The number of aromatic nitrogens is 6. The van der Waals surface area contributed by atoms with Crippen LogP contribution in [0.3, 0.4) is 0 Å². The Bertz CT molecular complexity index is 1100. The van der Waals surface area contributed by atoms with Crippen LogP contribution in [-0.4, -0.2) is 91.3 Å². The Morgan fingerprint density at radius 2 is 1.97 bits per heavy atom. The number of aliphatic hydroxyl groups excluding tert-OH is 1. The van der Waals surface area contributed by atoms with Crippen molar-refractivity contribution >= 4 is 29.2 Å². The van der Waals surface area contributed by atoms with E-state index in [1.54, 1.807) is 18.7 Å². The molecule has 5 heterocycles. The average Bonchev–Trinajstić information content (AvgIpc) is 3.44. The molecule has 32 heavy (non-hydrogen) atoms. The van der Waals surface area contributed by atoms with Crippen LogP contribution in [0, 0.1) is 0 Å². The molecule has 0 saturated carbocycles. The highest BCUT2D eigenvalue weighted by Crippen LogP contribution is 2.31. The maximum atomic E-state index is 11.5. The number of anilines is 2. The topological polar surface area (TPSA) is 148 Å². The van der Waals surface area contributed by atoms with E-state index in [0.29, 0.717) is 74.2 Å². The Hall–Kier alpha value is -3.22. The van der Waals surface area contributed by atoms with Gasteiger partial charge in [-0.25, -0.2) is 24.9 Å². The summed E-state index contributed by atoms with van der Waals surface area (Å²) in [5.41, 5.74) is 7.54. The molecule has 2 atom stereocenters. The normalized spacial score (nSPS) is 20.7. The fourth-order valence-corrected chi connectivity index (χ4v) is 4.26. The maximum absolute atomic E-state index is 11.5. The quantitative estimate of drug-likeness (QED) is 0.494. The lowest BCUT2D eigenvalue weighted by Gasteiger charge is -2.29. The molecular weight excluding hydrogens is 414 g/mol. The summed E-state index contributed by atoms with van der Waals surface area (Å²) in [6.07, 6.45) is 6.00. The van der Waals surface area contributed by atoms with Crippen molar-refractivity contribution in [1.82, 2.24) is 34.4 Å². The van der Waals surface area contributed by atoms with Crippen LogP contribution in [0.1, 0.15) is 19.0 Å². The molecule has 0 aromatic carbocycles. The summed E-state index contributed by atoms with van der Waals surface area (Å²) in [6, 6.07) is 0. The van der Waals surface area contributed by atoms with E-state index in [9.17, 15) is 9.90 Å². The van der Waals surface area contributed by atoms with Gasteiger partial charge in [-0.15, -0.1) is 0 Å². The molecule has 2 aliphatic heterocycles. The lowest BCUT2D eigenvalue weighted by molar-refractivity contribution is -0.109. The molecule has 168 valence electrons. The third kappa shape index (κ3) is 3.87. The van der Waals surface area contributed by atoms with E-state index in [-0.39, 0.29) is 18.5 Å². The lowest BCUT2D eigenvalue weighted by atomic mass is 10.3. The van der Waals surface area contributed by atoms with E-state index in [1.165, 1.54) is 0 Å². The number of fused-ring (bicyclic) bond motifs is 1. The summed E-state index contributed by atoms with van der Waals surface area (Å²) in [6.45, 7) is 3.77. The van der Waals surface area contributed by atoms with E-state index in [4.69, 9.17) is 20.4 Å². The number of nitrogens with two attached hydrogens (primary N) is 1. The first-order valence-corrected chi connectivity index (χ1v) is 10.6. The molecule has 3 N–H and O–H groups in total. The summed E-state index contributed by atoms with van der Waals surface area (Å²) in [5, 5.41) is 10.0. The van der Waals surface area contributed by atoms with Gasteiger partial charge in [0.15, 0.2) is 22.8 Å². The minimum atomic E-state index is -0.403. The number of likely N-dealkylation sites (tertiary alicyclic amines) is 1. The molecule has 0 aliphatic carbocycles. The number of rotatable bonds is 6. The van der Waals surface area contributed by atoms with Crippen molar-refractivity contribution in [1.29, 1.82) is 0 Å². The monoisotopic (exact) mass is 439 g/mol. The highest BCUT2D eigenvalue weighted by molar-refractivity contribution is 5.86. The van der Waals surface area contributed by atoms with Crippen molar-refractivity contribution in [2.45, 2.75) is 25.1 Å². The average molecular weight is 439 g/mol. The number of nitrogens with zero attached hydrogens (tertiary/aromatic N) is 8. The third-order valence-electron chi connectivity index (χ3n) is 5.89. The molecule has 0 spiro atoms. The minimum absolute atomic E-state index is 0.173. The van der Waals surface area contributed by atoms with Crippen LogP contribution in [0.25, 0.3) is 22.6 Å². The van der Waals surface area contributed by atoms with Gasteiger partial charge in [-0.1, -0.05) is 0 Å². The lowest BCUT2D eigenvalue weighted by Crippen LogP contribution is -2.37. The largest absolute Gasteiger partial charge is 0.392 e. The second-order valence-corrected chi connectivity index (χ2v) is 7.94. The second-order valence-electron chi connectivity index (χ2n) is 7.94. The molecule has 1 unspecified atom stereocenters. The molecule has 12 nitrogen and oxygen atoms in total. The van der Waals surface area contributed by atoms with Crippen LogP contribution < -0.4 is 10.6 Å². The Morgan fingerprint density at radius 1 is 1.19 bits per heavy atom. The van der Waals surface area contributed by atoms with Crippen molar-refractivity contribution in [2.24, 2.45) is 0 Å². The molecule has 5 rings (SSSR count). The first-order valence-electron chi connectivity index (χ1n) is 10.6. The zero-order valence-corrected chi connectivity index (χ0v) is 17.5. The maximum Gasteiger partial charge on any atom is 0.219 e. The van der Waals surface area contributed by atoms with Gasteiger partial charge in [0.25, 0.3) is 0 Å². The number of ether oxygens (including phenoxy) is 1. The number of imidazole rings is 1. The van der Waals surface area contributed by atoms with Gasteiger partial charge in [0.1, 0.15) is 6.29 Å². The third-order valence-corrected chi connectivity index (χ3v) is 5.89. The van der Waals surface area contributed by atoms with E-state index < -0.39 is 6.10 Å². The summed E-state index contributed by atoms with van der Waals surface area (Å²) >= 11 is 0. The predicted molar refractivity (Wildman–Crippen MR) is 116 cm³/mol. The SMILES string of the molecule is Nc1ncc(-c2nc(N3CCOCC3)c3ncn([C@@H](CC=O)N4CCC(O)C4)c3n2)cn1. The number of aldehydes is 1. The van der Waals surface area contributed by atoms with Crippen molar-refractivity contribution in [3.63, 3.8) is 0 Å². The Balaban J connectivity index is 1.65. The second kappa shape index (κ2) is 8.73. The van der Waals surface area contributed by atoms with Gasteiger partial charge in [-0.05, 0) is 6.42 Å². The van der Waals surface area contributed by atoms with E-state index >= 15 is 0 Å². The van der Waals surface area contributed by atoms with Crippen LogP contribution in [0.4, 0.5) is 11.8 Å². The number of carbonyl (C=O) groups excluding carboxylic acids is 1. The fraction of sp³-hybridized carbons (Fsp3) is 0.500. The van der Waals surface area contributed by atoms with Crippen LogP contribution in [0.2, 0.25) is 0 Å². The number of hydrogen-bond donors (Lipinski definition) is 2. The fourth-order valence-electron chi connectivity index (χ4n) is 4.26. The van der Waals surface area contributed by atoms with Gasteiger partial charge in [0.05, 0.1) is 37.4 Å². The molecule has 2 aliphatic rings. The molecule has 0 bridgehead atoms. The van der Waals surface area contributed by atoms with Crippen molar-refractivity contribution in [3.8, 4) is 11.4 Å². The molecular formula is C20H25N9O3. The first-order chi connectivity index (χ1) is 15.6. The van der Waals surface area contributed by atoms with E-state index in [1.807, 2.05) is 4.57 Å². The Morgan fingerprint density at radius 3 is 2.66 bits per heavy atom. The molecule has 2 saturated heterocycles. The molecule has 2 fully saturated rings. The van der Waals surface area contributed by atoms with E-state index in [2.05, 4.69) is 24.8 Å². The number of hydrogen-bond acceptors (Lipinski definition) is 11. The van der Waals surface area contributed by atoms with Gasteiger partial charge in [0, 0.05) is 45.0 Å². The predicted octanol–water partition coefficient (Wildman–Crippen LogP) is -0.144. The number of nitrogen functional groups attached to an aromatic ring is 1.